The van der Waals surface area contributed by atoms with Crippen LogP contribution in [0.25, 0.3) is 0 Å². The number of ether oxygens (including phenoxy) is 2. The van der Waals surface area contributed by atoms with Crippen molar-refractivity contribution in [2.24, 2.45) is 17.8 Å². The summed E-state index contributed by atoms with van der Waals surface area (Å²) in [5.74, 6) is 1.14. The molecule has 1 aromatic carbocycles. The normalized spacial score (nSPS) is 28.5. The van der Waals surface area contributed by atoms with Crippen LogP contribution in [0.1, 0.15) is 88.9 Å². The van der Waals surface area contributed by atoms with Crippen molar-refractivity contribution in [1.29, 1.82) is 0 Å². The van der Waals surface area contributed by atoms with Gasteiger partial charge in [0.1, 0.15) is 11.6 Å². The smallest absolute Gasteiger partial charge is 0.270 e. The Kier molecular flexibility index (Phi) is 7.67. The van der Waals surface area contributed by atoms with E-state index < -0.39 is 23.9 Å². The fourth-order valence-electron chi connectivity index (χ4n) is 5.07. The highest BCUT2D eigenvalue weighted by Crippen LogP contribution is 2.43. The Balaban J connectivity index is 1.61. The highest BCUT2D eigenvalue weighted by Gasteiger charge is 2.33. The maximum absolute atomic E-state index is 14.8. The van der Waals surface area contributed by atoms with Crippen LogP contribution in [0.4, 0.5) is 13.2 Å². The Morgan fingerprint density at radius 3 is 2.32 bits per heavy atom. The van der Waals surface area contributed by atoms with Crippen molar-refractivity contribution in [3.05, 3.63) is 29.1 Å². The van der Waals surface area contributed by atoms with E-state index in [2.05, 4.69) is 6.92 Å². The van der Waals surface area contributed by atoms with Crippen LogP contribution in [0.15, 0.2) is 12.1 Å². The Bertz CT molecular complexity index is 619. The zero-order valence-electron chi connectivity index (χ0n) is 17.1. The van der Waals surface area contributed by atoms with Crippen molar-refractivity contribution in [3.8, 4) is 5.75 Å². The van der Waals surface area contributed by atoms with Gasteiger partial charge in [-0.25, -0.2) is 13.2 Å². The Hall–Kier alpha value is -1.23. The molecule has 1 saturated heterocycles. The minimum absolute atomic E-state index is 0.0729. The topological polar surface area (TPSA) is 18.5 Å². The van der Waals surface area contributed by atoms with Gasteiger partial charge in [-0.05, 0) is 62.5 Å². The summed E-state index contributed by atoms with van der Waals surface area (Å²) in [6.45, 7) is 4.77. The molecule has 1 heterocycles. The van der Waals surface area contributed by atoms with Gasteiger partial charge in [-0.1, -0.05) is 32.6 Å². The van der Waals surface area contributed by atoms with Crippen LogP contribution in [0.5, 0.6) is 5.75 Å². The summed E-state index contributed by atoms with van der Waals surface area (Å²) >= 11 is 0. The van der Waals surface area contributed by atoms with Gasteiger partial charge in [0.2, 0.25) is 0 Å². The summed E-state index contributed by atoms with van der Waals surface area (Å²) in [7, 11) is 0. The lowest BCUT2D eigenvalue weighted by Crippen LogP contribution is -2.30. The molecule has 5 heteroatoms. The van der Waals surface area contributed by atoms with Gasteiger partial charge in [0, 0.05) is 5.56 Å². The third-order valence-electron chi connectivity index (χ3n) is 6.60. The molecule has 1 aliphatic carbocycles. The Labute approximate surface area is 166 Å². The molecule has 2 aliphatic rings. The minimum Gasteiger partial charge on any atom is -0.493 e. The van der Waals surface area contributed by atoms with E-state index in [0.717, 1.165) is 12.3 Å². The molecule has 0 amide bonds. The van der Waals surface area contributed by atoms with E-state index in [1.54, 1.807) is 13.0 Å². The van der Waals surface area contributed by atoms with Crippen LogP contribution in [0.2, 0.25) is 0 Å². The standard InChI is InChI=1S/C23H33F3O2/c1-3-5-15-6-8-16(9-7-15)17-10-12-19(28-14-17)18-11-13-20(27-4-2)21(22(18)24)23(25)26/h11,13,15-17,19,23H,3-10,12,14H2,1-2H3. The quantitative estimate of drug-likeness (QED) is 0.482. The molecular formula is C23H33F3O2. The number of halogens is 3. The zero-order valence-corrected chi connectivity index (χ0v) is 17.1. The molecule has 0 radical (unpaired) electrons. The molecule has 3 rings (SSSR count). The van der Waals surface area contributed by atoms with Crippen LogP contribution in [-0.4, -0.2) is 13.2 Å². The molecule has 2 atom stereocenters. The molecule has 2 unspecified atom stereocenters. The summed E-state index contributed by atoms with van der Waals surface area (Å²) < 4.78 is 52.8. The second-order valence-electron chi connectivity index (χ2n) is 8.34. The maximum atomic E-state index is 14.8. The van der Waals surface area contributed by atoms with E-state index in [4.69, 9.17) is 9.47 Å². The summed E-state index contributed by atoms with van der Waals surface area (Å²) in [5, 5.41) is 0. The first-order valence-electron chi connectivity index (χ1n) is 10.9. The fraction of sp³-hybridized carbons (Fsp3) is 0.739. The van der Waals surface area contributed by atoms with E-state index >= 15 is 0 Å². The second kappa shape index (κ2) is 10.00. The lowest BCUT2D eigenvalue weighted by Gasteiger charge is -2.38. The van der Waals surface area contributed by atoms with Gasteiger partial charge in [-0.15, -0.1) is 0 Å². The van der Waals surface area contributed by atoms with Crippen molar-refractivity contribution in [2.75, 3.05) is 13.2 Å². The van der Waals surface area contributed by atoms with E-state index in [0.29, 0.717) is 24.9 Å². The largest absolute Gasteiger partial charge is 0.493 e. The van der Waals surface area contributed by atoms with Crippen LogP contribution < -0.4 is 4.74 Å². The number of benzene rings is 1. The third kappa shape index (κ3) is 4.84. The molecule has 0 aromatic heterocycles. The molecule has 0 N–H and O–H groups in total. The van der Waals surface area contributed by atoms with E-state index in [1.165, 1.54) is 44.6 Å². The van der Waals surface area contributed by atoms with Gasteiger partial charge >= 0.3 is 0 Å². The van der Waals surface area contributed by atoms with Crippen LogP contribution >= 0.6 is 0 Å². The van der Waals surface area contributed by atoms with Crippen molar-refractivity contribution in [2.45, 2.75) is 77.7 Å². The first-order chi connectivity index (χ1) is 13.5. The van der Waals surface area contributed by atoms with Crippen LogP contribution in [0, 0.1) is 23.6 Å². The first-order valence-corrected chi connectivity index (χ1v) is 10.9. The number of alkyl halides is 2. The Morgan fingerprint density at radius 1 is 1.04 bits per heavy atom. The van der Waals surface area contributed by atoms with Crippen molar-refractivity contribution in [3.63, 3.8) is 0 Å². The Morgan fingerprint density at radius 2 is 1.75 bits per heavy atom. The van der Waals surface area contributed by atoms with E-state index in [9.17, 15) is 13.2 Å². The second-order valence-corrected chi connectivity index (χ2v) is 8.34. The van der Waals surface area contributed by atoms with E-state index in [1.807, 2.05) is 0 Å². The molecule has 1 aliphatic heterocycles. The van der Waals surface area contributed by atoms with Gasteiger partial charge in [-0.3, -0.25) is 0 Å². The molecule has 0 spiro atoms. The summed E-state index contributed by atoms with van der Waals surface area (Å²) in [5.41, 5.74) is -0.400. The van der Waals surface area contributed by atoms with E-state index in [-0.39, 0.29) is 17.9 Å². The minimum atomic E-state index is -2.91. The molecule has 2 fully saturated rings. The predicted molar refractivity (Wildman–Crippen MR) is 104 cm³/mol. The highest BCUT2D eigenvalue weighted by atomic mass is 19.3. The van der Waals surface area contributed by atoms with Gasteiger partial charge in [0.05, 0.1) is 24.9 Å². The van der Waals surface area contributed by atoms with Crippen molar-refractivity contribution < 1.29 is 22.6 Å². The van der Waals surface area contributed by atoms with Crippen LogP contribution in [0.3, 0.4) is 0 Å². The number of hydrogen-bond donors (Lipinski definition) is 0. The van der Waals surface area contributed by atoms with Gasteiger partial charge in [0.25, 0.3) is 6.43 Å². The lowest BCUT2D eigenvalue weighted by molar-refractivity contribution is -0.0421. The van der Waals surface area contributed by atoms with Crippen molar-refractivity contribution in [1.82, 2.24) is 0 Å². The molecule has 158 valence electrons. The number of rotatable bonds is 7. The maximum Gasteiger partial charge on any atom is 0.270 e. The molecule has 0 bridgehead atoms. The van der Waals surface area contributed by atoms with Crippen molar-refractivity contribution >= 4 is 0 Å². The molecular weight excluding hydrogens is 365 g/mol. The SMILES string of the molecule is CCCC1CCC(C2CCC(c3ccc(OCC)c(C(F)F)c3F)OC2)CC1. The lowest BCUT2D eigenvalue weighted by atomic mass is 9.73. The molecule has 2 nitrogen and oxygen atoms in total. The average Bonchev–Trinajstić information content (AvgIpc) is 2.69. The third-order valence-corrected chi connectivity index (χ3v) is 6.60. The summed E-state index contributed by atoms with van der Waals surface area (Å²) in [6, 6.07) is 3.00. The molecule has 1 aromatic rings. The van der Waals surface area contributed by atoms with Gasteiger partial charge < -0.3 is 9.47 Å². The molecule has 28 heavy (non-hydrogen) atoms. The monoisotopic (exact) mass is 398 g/mol. The summed E-state index contributed by atoms with van der Waals surface area (Å²) in [4.78, 5) is 0. The first kappa shape index (κ1) is 21.5. The van der Waals surface area contributed by atoms with Gasteiger partial charge in [0.15, 0.2) is 0 Å². The number of hydrogen-bond acceptors (Lipinski definition) is 2. The zero-order chi connectivity index (χ0) is 20.1. The summed E-state index contributed by atoms with van der Waals surface area (Å²) in [6.07, 6.45) is 6.05. The van der Waals surface area contributed by atoms with Gasteiger partial charge in [-0.2, -0.15) is 0 Å². The highest BCUT2D eigenvalue weighted by molar-refractivity contribution is 5.40. The fourth-order valence-corrected chi connectivity index (χ4v) is 5.07. The average molecular weight is 399 g/mol. The van der Waals surface area contributed by atoms with Crippen LogP contribution in [-0.2, 0) is 4.74 Å². The molecule has 1 saturated carbocycles. The predicted octanol–water partition coefficient (Wildman–Crippen LogP) is 7.24.